The van der Waals surface area contributed by atoms with Gasteiger partial charge < -0.3 is 15.5 Å². The Balaban J connectivity index is 1.93. The molecule has 0 aromatic carbocycles. The minimum Gasteiger partial charge on any atom is -0.466 e. The van der Waals surface area contributed by atoms with E-state index in [2.05, 4.69) is 5.32 Å². The van der Waals surface area contributed by atoms with Crippen molar-refractivity contribution in [2.24, 2.45) is 11.7 Å². The molecule has 1 aromatic heterocycles. The molecule has 1 aliphatic rings. The maximum absolute atomic E-state index is 12.2. The summed E-state index contributed by atoms with van der Waals surface area (Å²) in [5.74, 6) is 2.04. The van der Waals surface area contributed by atoms with Gasteiger partial charge in [0.25, 0.3) is 0 Å². The second-order valence-corrected chi connectivity index (χ2v) is 5.71. The summed E-state index contributed by atoms with van der Waals surface area (Å²) in [6, 6.07) is 2.28. The van der Waals surface area contributed by atoms with E-state index < -0.39 is 0 Å². The van der Waals surface area contributed by atoms with Crippen LogP contribution in [0.2, 0.25) is 0 Å². The third-order valence-corrected chi connectivity index (χ3v) is 4.05. The molecule has 1 amide bonds. The summed E-state index contributed by atoms with van der Waals surface area (Å²) in [7, 11) is 0. The number of nitrogens with two attached hydrogens (primary N) is 1. The standard InChI is InChI=1S/C15H24N2O2/c1-9-8-14(11(3)19-9)10(2)17-15(18)12-4-6-13(16)7-5-12/h8,10,12-13H,4-7,16H2,1-3H3,(H,17,18). The van der Waals surface area contributed by atoms with Crippen LogP contribution in [0.3, 0.4) is 0 Å². The lowest BCUT2D eigenvalue weighted by Gasteiger charge is -2.26. The van der Waals surface area contributed by atoms with E-state index in [-0.39, 0.29) is 23.9 Å². The fraction of sp³-hybridized carbons (Fsp3) is 0.667. The van der Waals surface area contributed by atoms with Crippen LogP contribution in [0, 0.1) is 19.8 Å². The maximum Gasteiger partial charge on any atom is 0.223 e. The first kappa shape index (κ1) is 14.1. The minimum atomic E-state index is 0.000509. The van der Waals surface area contributed by atoms with E-state index in [1.807, 2.05) is 26.8 Å². The monoisotopic (exact) mass is 264 g/mol. The fourth-order valence-electron chi connectivity index (χ4n) is 2.87. The number of furan rings is 1. The van der Waals surface area contributed by atoms with Gasteiger partial charge in [0.15, 0.2) is 0 Å². The molecule has 1 saturated carbocycles. The molecule has 4 heteroatoms. The zero-order valence-electron chi connectivity index (χ0n) is 12.0. The van der Waals surface area contributed by atoms with Crippen molar-refractivity contribution in [1.29, 1.82) is 0 Å². The molecular formula is C15H24N2O2. The van der Waals surface area contributed by atoms with Crippen LogP contribution in [0.25, 0.3) is 0 Å². The molecule has 0 saturated heterocycles. The molecular weight excluding hydrogens is 240 g/mol. The zero-order valence-corrected chi connectivity index (χ0v) is 12.0. The summed E-state index contributed by atoms with van der Waals surface area (Å²) < 4.78 is 5.51. The summed E-state index contributed by atoms with van der Waals surface area (Å²) >= 11 is 0. The van der Waals surface area contributed by atoms with Crippen LogP contribution in [0.5, 0.6) is 0 Å². The second kappa shape index (κ2) is 5.78. The van der Waals surface area contributed by atoms with Gasteiger partial charge in [0.05, 0.1) is 6.04 Å². The summed E-state index contributed by atoms with van der Waals surface area (Å²) in [5.41, 5.74) is 6.94. The highest BCUT2D eigenvalue weighted by Gasteiger charge is 2.26. The van der Waals surface area contributed by atoms with Crippen LogP contribution in [0.1, 0.15) is 55.7 Å². The number of aryl methyl sites for hydroxylation is 2. The van der Waals surface area contributed by atoms with Crippen molar-refractivity contribution in [3.05, 3.63) is 23.2 Å². The zero-order chi connectivity index (χ0) is 14.0. The van der Waals surface area contributed by atoms with Crippen LogP contribution < -0.4 is 11.1 Å². The van der Waals surface area contributed by atoms with Gasteiger partial charge in [-0.1, -0.05) is 0 Å². The predicted octanol–water partition coefficient (Wildman–Crippen LogP) is 2.59. The first-order valence-electron chi connectivity index (χ1n) is 7.10. The molecule has 0 bridgehead atoms. The van der Waals surface area contributed by atoms with Gasteiger partial charge in [0.1, 0.15) is 11.5 Å². The van der Waals surface area contributed by atoms with Crippen LogP contribution in [0.4, 0.5) is 0 Å². The third-order valence-electron chi connectivity index (χ3n) is 4.05. The number of rotatable bonds is 3. The molecule has 106 valence electrons. The number of carbonyl (C=O) groups is 1. The number of carbonyl (C=O) groups excluding carboxylic acids is 1. The molecule has 0 aliphatic heterocycles. The smallest absolute Gasteiger partial charge is 0.223 e. The number of hydrogen-bond donors (Lipinski definition) is 2. The van der Waals surface area contributed by atoms with E-state index in [4.69, 9.17) is 10.2 Å². The molecule has 1 heterocycles. The normalized spacial score (nSPS) is 25.1. The van der Waals surface area contributed by atoms with Crippen molar-refractivity contribution in [1.82, 2.24) is 5.32 Å². The topological polar surface area (TPSA) is 68.3 Å². The molecule has 1 aromatic rings. The number of hydrogen-bond acceptors (Lipinski definition) is 3. The molecule has 1 atom stereocenters. The molecule has 1 unspecified atom stereocenters. The van der Waals surface area contributed by atoms with Gasteiger partial charge in [-0.25, -0.2) is 0 Å². The van der Waals surface area contributed by atoms with E-state index in [9.17, 15) is 4.79 Å². The van der Waals surface area contributed by atoms with Crippen molar-refractivity contribution in [3.63, 3.8) is 0 Å². The highest BCUT2D eigenvalue weighted by molar-refractivity contribution is 5.79. The Labute approximate surface area is 114 Å². The van der Waals surface area contributed by atoms with Gasteiger partial charge in [-0.05, 0) is 52.5 Å². The average Bonchev–Trinajstić information content (AvgIpc) is 2.69. The Kier molecular flexibility index (Phi) is 4.30. The van der Waals surface area contributed by atoms with Crippen molar-refractivity contribution in [2.45, 2.75) is 58.5 Å². The third kappa shape index (κ3) is 3.38. The molecule has 19 heavy (non-hydrogen) atoms. The maximum atomic E-state index is 12.2. The van der Waals surface area contributed by atoms with Crippen LogP contribution in [-0.4, -0.2) is 11.9 Å². The van der Waals surface area contributed by atoms with Crippen molar-refractivity contribution >= 4 is 5.91 Å². The van der Waals surface area contributed by atoms with E-state index >= 15 is 0 Å². The fourth-order valence-corrected chi connectivity index (χ4v) is 2.87. The van der Waals surface area contributed by atoms with Crippen molar-refractivity contribution in [3.8, 4) is 0 Å². The predicted molar refractivity (Wildman–Crippen MR) is 74.7 cm³/mol. The second-order valence-electron chi connectivity index (χ2n) is 5.71. The van der Waals surface area contributed by atoms with E-state index in [1.54, 1.807) is 0 Å². The van der Waals surface area contributed by atoms with Gasteiger partial charge in [-0.2, -0.15) is 0 Å². The molecule has 2 rings (SSSR count). The van der Waals surface area contributed by atoms with Crippen LogP contribution >= 0.6 is 0 Å². The lowest BCUT2D eigenvalue weighted by Crippen LogP contribution is -2.37. The minimum absolute atomic E-state index is 0.000509. The van der Waals surface area contributed by atoms with Gasteiger partial charge in [0, 0.05) is 17.5 Å². The summed E-state index contributed by atoms with van der Waals surface area (Å²) in [6.07, 6.45) is 3.72. The van der Waals surface area contributed by atoms with Gasteiger partial charge in [0.2, 0.25) is 5.91 Å². The number of amides is 1. The Morgan fingerprint density at radius 2 is 2.00 bits per heavy atom. The lowest BCUT2D eigenvalue weighted by atomic mass is 9.85. The van der Waals surface area contributed by atoms with Crippen molar-refractivity contribution < 1.29 is 9.21 Å². The molecule has 1 fully saturated rings. The highest BCUT2D eigenvalue weighted by Crippen LogP contribution is 2.25. The molecule has 4 nitrogen and oxygen atoms in total. The molecule has 3 N–H and O–H groups in total. The van der Waals surface area contributed by atoms with Gasteiger partial charge in [-0.3, -0.25) is 4.79 Å². The quantitative estimate of drug-likeness (QED) is 0.881. The average molecular weight is 264 g/mol. The summed E-state index contributed by atoms with van der Waals surface area (Å²) in [4.78, 5) is 12.2. The van der Waals surface area contributed by atoms with E-state index in [1.165, 1.54) is 0 Å². The largest absolute Gasteiger partial charge is 0.466 e. The highest BCUT2D eigenvalue weighted by atomic mass is 16.3. The molecule has 0 radical (unpaired) electrons. The van der Waals surface area contributed by atoms with E-state index in [0.717, 1.165) is 42.8 Å². The Morgan fingerprint density at radius 3 is 2.53 bits per heavy atom. The Bertz CT molecular complexity index is 445. The van der Waals surface area contributed by atoms with E-state index in [0.29, 0.717) is 0 Å². The first-order valence-corrected chi connectivity index (χ1v) is 7.10. The lowest BCUT2D eigenvalue weighted by molar-refractivity contribution is -0.126. The van der Waals surface area contributed by atoms with Gasteiger partial charge in [-0.15, -0.1) is 0 Å². The first-order chi connectivity index (χ1) is 8.97. The van der Waals surface area contributed by atoms with Crippen LogP contribution in [0.15, 0.2) is 10.5 Å². The van der Waals surface area contributed by atoms with Crippen LogP contribution in [-0.2, 0) is 4.79 Å². The summed E-state index contributed by atoms with van der Waals surface area (Å²) in [6.45, 7) is 5.86. The SMILES string of the molecule is Cc1cc(C(C)NC(=O)C2CCC(N)CC2)c(C)o1. The summed E-state index contributed by atoms with van der Waals surface area (Å²) in [5, 5.41) is 3.10. The van der Waals surface area contributed by atoms with Gasteiger partial charge >= 0.3 is 0 Å². The number of nitrogens with one attached hydrogen (secondary N) is 1. The Morgan fingerprint density at radius 1 is 1.37 bits per heavy atom. The van der Waals surface area contributed by atoms with Crippen molar-refractivity contribution in [2.75, 3.05) is 0 Å². The Hall–Kier alpha value is -1.29. The molecule has 0 spiro atoms. The molecule has 1 aliphatic carbocycles.